The highest BCUT2D eigenvalue weighted by Gasteiger charge is 1.92. The zero-order valence-corrected chi connectivity index (χ0v) is 5.26. The predicted molar refractivity (Wildman–Crippen MR) is 35.4 cm³/mol. The molecule has 0 aromatic carbocycles. The van der Waals surface area contributed by atoms with Gasteiger partial charge in [0, 0.05) is 0 Å². The smallest absolute Gasteiger partial charge is 0.192 e. The van der Waals surface area contributed by atoms with Gasteiger partial charge in [0.25, 0.3) is 0 Å². The quantitative estimate of drug-likeness (QED) is 0.417. The molecule has 0 saturated carbocycles. The summed E-state index contributed by atoms with van der Waals surface area (Å²) in [4.78, 5) is 10.1. The average Bonchev–Trinajstić information content (AvgIpc) is 1.27. The molecule has 0 atom stereocenters. The van der Waals surface area contributed by atoms with Crippen molar-refractivity contribution in [2.24, 2.45) is 5.73 Å². The molecule has 0 bridgehead atoms. The molecule has 0 saturated heterocycles. The number of hydrogen-bond donors (Lipinski definition) is 2. The molecule has 0 aliphatic carbocycles. The van der Waals surface area contributed by atoms with E-state index >= 15 is 0 Å². The SMILES string of the molecule is NC(=S)CC(=O)S. The highest BCUT2D eigenvalue weighted by molar-refractivity contribution is 7.96. The average molecular weight is 135 g/mol. The van der Waals surface area contributed by atoms with E-state index in [2.05, 4.69) is 24.8 Å². The zero-order valence-electron chi connectivity index (χ0n) is 3.55. The van der Waals surface area contributed by atoms with Crippen molar-refractivity contribution >= 4 is 35.0 Å². The van der Waals surface area contributed by atoms with E-state index in [0.29, 0.717) is 0 Å². The topological polar surface area (TPSA) is 43.1 Å². The Labute approximate surface area is 52.5 Å². The Balaban J connectivity index is 3.32. The predicted octanol–water partition coefficient (Wildman–Crippen LogP) is 0.119. The van der Waals surface area contributed by atoms with Crippen molar-refractivity contribution in [3.05, 3.63) is 0 Å². The van der Waals surface area contributed by atoms with Crippen LogP contribution in [0.3, 0.4) is 0 Å². The summed E-state index contributed by atoms with van der Waals surface area (Å²) in [6.45, 7) is 0. The summed E-state index contributed by atoms with van der Waals surface area (Å²) in [5.74, 6) is 0. The van der Waals surface area contributed by atoms with E-state index in [1.807, 2.05) is 0 Å². The van der Waals surface area contributed by atoms with Crippen LogP contribution in [0.25, 0.3) is 0 Å². The molecule has 0 radical (unpaired) electrons. The van der Waals surface area contributed by atoms with Gasteiger partial charge in [-0.1, -0.05) is 12.2 Å². The molecule has 0 aliphatic heterocycles. The summed E-state index contributed by atoms with van der Waals surface area (Å²) in [6, 6.07) is 0. The lowest BCUT2D eigenvalue weighted by molar-refractivity contribution is -0.109. The van der Waals surface area contributed by atoms with E-state index in [1.54, 1.807) is 0 Å². The first-order valence-corrected chi connectivity index (χ1v) is 2.48. The molecule has 0 heterocycles. The molecule has 0 amide bonds. The van der Waals surface area contributed by atoms with Crippen molar-refractivity contribution in [1.82, 2.24) is 0 Å². The van der Waals surface area contributed by atoms with Crippen molar-refractivity contribution in [3.63, 3.8) is 0 Å². The third kappa shape index (κ3) is 5.91. The monoisotopic (exact) mass is 135 g/mol. The van der Waals surface area contributed by atoms with Crippen LogP contribution in [0.1, 0.15) is 6.42 Å². The second-order valence-electron chi connectivity index (χ2n) is 1.04. The first-order valence-electron chi connectivity index (χ1n) is 1.63. The van der Waals surface area contributed by atoms with Gasteiger partial charge in [0.05, 0.1) is 11.4 Å². The van der Waals surface area contributed by atoms with Gasteiger partial charge in [0.1, 0.15) is 0 Å². The fraction of sp³-hybridized carbons (Fsp3) is 0.333. The standard InChI is InChI=1S/C3H5NOS2/c4-2(6)1-3(5)7/h1H2,(H2,4,6)(H,5,7). The number of thiol groups is 1. The highest BCUT2D eigenvalue weighted by atomic mass is 32.1. The molecule has 0 unspecified atom stereocenters. The Morgan fingerprint density at radius 2 is 2.29 bits per heavy atom. The van der Waals surface area contributed by atoms with E-state index < -0.39 is 0 Å². The van der Waals surface area contributed by atoms with Gasteiger partial charge in [-0.25, -0.2) is 0 Å². The Morgan fingerprint density at radius 3 is 2.29 bits per heavy atom. The Bertz CT molecular complexity index is 89.1. The molecule has 0 aromatic heterocycles. The van der Waals surface area contributed by atoms with Crippen LogP contribution in [0.5, 0.6) is 0 Å². The molecule has 0 rings (SSSR count). The van der Waals surface area contributed by atoms with Gasteiger partial charge >= 0.3 is 0 Å². The molecule has 40 valence electrons. The molecule has 4 heteroatoms. The number of carbonyl (C=O) groups is 1. The number of carbonyl (C=O) groups excluding carboxylic acids is 1. The molecule has 0 aliphatic rings. The molecule has 0 fully saturated rings. The lowest BCUT2D eigenvalue weighted by Gasteiger charge is -1.85. The summed E-state index contributed by atoms with van der Waals surface area (Å²) in [7, 11) is 0. The molecule has 2 N–H and O–H groups in total. The van der Waals surface area contributed by atoms with Gasteiger partial charge in [0.2, 0.25) is 0 Å². The van der Waals surface area contributed by atoms with Crippen LogP contribution in [-0.4, -0.2) is 10.1 Å². The van der Waals surface area contributed by atoms with E-state index in [0.717, 1.165) is 0 Å². The second kappa shape index (κ2) is 2.98. The minimum atomic E-state index is -0.285. The number of nitrogens with two attached hydrogens (primary N) is 1. The normalized spacial score (nSPS) is 8.14. The van der Waals surface area contributed by atoms with Crippen molar-refractivity contribution < 1.29 is 4.79 Å². The van der Waals surface area contributed by atoms with Crippen molar-refractivity contribution in [2.45, 2.75) is 6.42 Å². The minimum absolute atomic E-state index is 0.0957. The van der Waals surface area contributed by atoms with Crippen molar-refractivity contribution in [2.75, 3.05) is 0 Å². The Kier molecular flexibility index (Phi) is 2.95. The molecule has 7 heavy (non-hydrogen) atoms. The summed E-state index contributed by atoms with van der Waals surface area (Å²) in [5, 5.41) is -0.285. The van der Waals surface area contributed by atoms with E-state index in [1.165, 1.54) is 0 Å². The van der Waals surface area contributed by atoms with Crippen LogP contribution in [0.2, 0.25) is 0 Å². The largest absolute Gasteiger partial charge is 0.393 e. The minimum Gasteiger partial charge on any atom is -0.393 e. The molecular weight excluding hydrogens is 130 g/mol. The zero-order chi connectivity index (χ0) is 5.86. The van der Waals surface area contributed by atoms with Crippen LogP contribution in [0, 0.1) is 0 Å². The van der Waals surface area contributed by atoms with Crippen LogP contribution in [0.15, 0.2) is 0 Å². The van der Waals surface area contributed by atoms with Gasteiger partial charge in [-0.15, -0.1) is 12.6 Å². The lowest BCUT2D eigenvalue weighted by atomic mass is 10.5. The Morgan fingerprint density at radius 1 is 1.86 bits per heavy atom. The molecule has 0 spiro atoms. The van der Waals surface area contributed by atoms with Gasteiger partial charge < -0.3 is 5.73 Å². The van der Waals surface area contributed by atoms with Crippen molar-refractivity contribution in [3.8, 4) is 0 Å². The van der Waals surface area contributed by atoms with Gasteiger partial charge in [0.15, 0.2) is 5.12 Å². The van der Waals surface area contributed by atoms with E-state index in [-0.39, 0.29) is 16.5 Å². The van der Waals surface area contributed by atoms with E-state index in [9.17, 15) is 4.79 Å². The summed E-state index contributed by atoms with van der Waals surface area (Å²) in [6.07, 6.45) is 0.0957. The molecular formula is C3H5NOS2. The van der Waals surface area contributed by atoms with Gasteiger partial charge in [-0.2, -0.15) is 0 Å². The van der Waals surface area contributed by atoms with Gasteiger partial charge in [-0.3, -0.25) is 4.79 Å². The maximum absolute atomic E-state index is 9.95. The van der Waals surface area contributed by atoms with Crippen LogP contribution in [-0.2, 0) is 4.79 Å². The van der Waals surface area contributed by atoms with Crippen LogP contribution < -0.4 is 5.73 Å². The first-order chi connectivity index (χ1) is 3.13. The number of rotatable bonds is 2. The maximum Gasteiger partial charge on any atom is 0.192 e. The van der Waals surface area contributed by atoms with E-state index in [4.69, 9.17) is 5.73 Å². The Hall–Kier alpha value is -0.0900. The van der Waals surface area contributed by atoms with Crippen molar-refractivity contribution in [1.29, 1.82) is 0 Å². The first kappa shape index (κ1) is 6.91. The summed E-state index contributed by atoms with van der Waals surface area (Å²) < 4.78 is 0. The third-order valence-electron chi connectivity index (χ3n) is 0.325. The highest BCUT2D eigenvalue weighted by Crippen LogP contribution is 1.85. The van der Waals surface area contributed by atoms with Gasteiger partial charge in [-0.05, 0) is 0 Å². The fourth-order valence-electron chi connectivity index (χ4n) is 0.149. The number of thiocarbonyl (C=S) groups is 1. The molecule has 0 aromatic rings. The number of hydrogen-bond acceptors (Lipinski definition) is 2. The lowest BCUT2D eigenvalue weighted by Crippen LogP contribution is -2.10. The second-order valence-corrected chi connectivity index (χ2v) is 2.06. The maximum atomic E-state index is 9.95. The summed E-state index contributed by atoms with van der Waals surface area (Å²) in [5.41, 5.74) is 4.96. The van der Waals surface area contributed by atoms with Crippen LogP contribution >= 0.6 is 24.8 Å². The third-order valence-corrected chi connectivity index (χ3v) is 0.628. The molecule has 2 nitrogen and oxygen atoms in total. The van der Waals surface area contributed by atoms with Crippen LogP contribution in [0.4, 0.5) is 0 Å². The summed E-state index contributed by atoms with van der Waals surface area (Å²) >= 11 is 7.81. The fourth-order valence-corrected chi connectivity index (χ4v) is 0.557.